The van der Waals surface area contributed by atoms with E-state index in [0.29, 0.717) is 5.69 Å². The second-order valence-corrected chi connectivity index (χ2v) is 4.92. The Morgan fingerprint density at radius 2 is 1.89 bits per heavy atom. The number of hydrogen-bond acceptors (Lipinski definition) is 3. The molecule has 0 spiro atoms. The molecule has 0 saturated heterocycles. The number of halogens is 1. The largest absolute Gasteiger partial charge is 0.497 e. The van der Waals surface area contributed by atoms with Gasteiger partial charge in [-0.05, 0) is 52.7 Å². The van der Waals surface area contributed by atoms with Crippen molar-refractivity contribution in [1.29, 1.82) is 0 Å². The fourth-order valence-electron chi connectivity index (χ4n) is 1.65. The van der Waals surface area contributed by atoms with Crippen molar-refractivity contribution in [3.8, 4) is 5.75 Å². The first-order valence-electron chi connectivity index (χ1n) is 5.57. The maximum Gasteiger partial charge on any atom is 0.121 e. The van der Waals surface area contributed by atoms with Crippen LogP contribution in [-0.4, -0.2) is 7.11 Å². The Hall–Kier alpha value is -1.68. The fourth-order valence-corrected chi connectivity index (χ4v) is 2.00. The van der Waals surface area contributed by atoms with Gasteiger partial charge in [0.2, 0.25) is 0 Å². The van der Waals surface area contributed by atoms with Crippen LogP contribution in [0.2, 0.25) is 0 Å². The highest BCUT2D eigenvalue weighted by molar-refractivity contribution is 9.10. The topological polar surface area (TPSA) is 47.3 Å². The molecule has 0 saturated carbocycles. The van der Waals surface area contributed by atoms with Crippen LogP contribution in [0.4, 0.5) is 17.1 Å². The van der Waals surface area contributed by atoms with E-state index in [-0.39, 0.29) is 0 Å². The van der Waals surface area contributed by atoms with Crippen LogP contribution in [-0.2, 0) is 0 Å². The third-order valence-corrected chi connectivity index (χ3v) is 3.34. The van der Waals surface area contributed by atoms with Gasteiger partial charge in [0, 0.05) is 10.5 Å². The maximum atomic E-state index is 5.95. The van der Waals surface area contributed by atoms with Gasteiger partial charge in [0.1, 0.15) is 5.75 Å². The number of hydrogen-bond donors (Lipinski definition) is 2. The predicted molar refractivity (Wildman–Crippen MR) is 79.6 cm³/mol. The molecule has 0 aliphatic heterocycles. The van der Waals surface area contributed by atoms with Gasteiger partial charge in [0.05, 0.1) is 24.2 Å². The third-order valence-electron chi connectivity index (χ3n) is 2.65. The highest BCUT2D eigenvalue weighted by Gasteiger charge is 2.05. The molecular formula is C14H15BrN2O. The Labute approximate surface area is 115 Å². The summed E-state index contributed by atoms with van der Waals surface area (Å²) in [4.78, 5) is 0. The first-order valence-corrected chi connectivity index (χ1v) is 6.36. The van der Waals surface area contributed by atoms with E-state index in [0.717, 1.165) is 21.6 Å². The average Bonchev–Trinajstić information content (AvgIpc) is 2.36. The van der Waals surface area contributed by atoms with E-state index < -0.39 is 0 Å². The Bertz CT molecular complexity index is 570. The molecule has 0 unspecified atom stereocenters. The Morgan fingerprint density at radius 1 is 1.11 bits per heavy atom. The smallest absolute Gasteiger partial charge is 0.121 e. The van der Waals surface area contributed by atoms with Crippen LogP contribution < -0.4 is 15.8 Å². The lowest BCUT2D eigenvalue weighted by atomic mass is 10.2. The summed E-state index contributed by atoms with van der Waals surface area (Å²) in [6, 6.07) is 11.7. The van der Waals surface area contributed by atoms with E-state index in [1.165, 1.54) is 5.56 Å². The molecule has 2 aromatic rings. The highest BCUT2D eigenvalue weighted by atomic mass is 79.9. The maximum absolute atomic E-state index is 5.95. The van der Waals surface area contributed by atoms with Crippen molar-refractivity contribution in [3.63, 3.8) is 0 Å². The molecule has 0 aliphatic rings. The van der Waals surface area contributed by atoms with Gasteiger partial charge in [-0.1, -0.05) is 6.07 Å². The van der Waals surface area contributed by atoms with E-state index >= 15 is 0 Å². The molecule has 0 atom stereocenters. The number of ether oxygens (including phenoxy) is 1. The summed E-state index contributed by atoms with van der Waals surface area (Å²) in [5.74, 6) is 0.774. The first kappa shape index (κ1) is 12.8. The van der Waals surface area contributed by atoms with Gasteiger partial charge in [0.25, 0.3) is 0 Å². The minimum atomic E-state index is 0.684. The van der Waals surface area contributed by atoms with Gasteiger partial charge in [-0.15, -0.1) is 0 Å². The van der Waals surface area contributed by atoms with Gasteiger partial charge in [-0.2, -0.15) is 0 Å². The number of anilines is 3. The molecule has 94 valence electrons. The zero-order valence-corrected chi connectivity index (χ0v) is 11.9. The molecule has 0 radical (unpaired) electrons. The van der Waals surface area contributed by atoms with Gasteiger partial charge >= 0.3 is 0 Å². The molecule has 0 bridgehead atoms. The number of aryl methyl sites for hydroxylation is 1. The fraction of sp³-hybridized carbons (Fsp3) is 0.143. The van der Waals surface area contributed by atoms with Gasteiger partial charge in [-0.3, -0.25) is 0 Å². The third kappa shape index (κ3) is 2.76. The van der Waals surface area contributed by atoms with Crippen LogP contribution in [0.5, 0.6) is 5.75 Å². The lowest BCUT2D eigenvalue weighted by Gasteiger charge is -2.13. The molecule has 4 heteroatoms. The second kappa shape index (κ2) is 5.31. The molecule has 18 heavy (non-hydrogen) atoms. The Balaban J connectivity index is 2.36. The quantitative estimate of drug-likeness (QED) is 0.840. The Morgan fingerprint density at radius 3 is 2.61 bits per heavy atom. The highest BCUT2D eigenvalue weighted by Crippen LogP contribution is 2.31. The zero-order valence-electron chi connectivity index (χ0n) is 10.3. The minimum absolute atomic E-state index is 0.684. The number of nitrogens with one attached hydrogen (secondary N) is 1. The minimum Gasteiger partial charge on any atom is -0.497 e. The van der Waals surface area contributed by atoms with Crippen LogP contribution in [0.25, 0.3) is 0 Å². The lowest BCUT2D eigenvalue weighted by Crippen LogP contribution is -1.98. The number of nitrogen functional groups attached to an aromatic ring is 1. The molecule has 3 N–H and O–H groups in total. The Kier molecular flexibility index (Phi) is 3.77. The summed E-state index contributed by atoms with van der Waals surface area (Å²) in [6.07, 6.45) is 0. The summed E-state index contributed by atoms with van der Waals surface area (Å²) < 4.78 is 6.19. The molecule has 0 aromatic heterocycles. The van der Waals surface area contributed by atoms with E-state index in [1.54, 1.807) is 7.11 Å². The van der Waals surface area contributed by atoms with E-state index in [1.807, 2.05) is 37.3 Å². The van der Waals surface area contributed by atoms with Crippen molar-refractivity contribution in [2.24, 2.45) is 0 Å². The van der Waals surface area contributed by atoms with Crippen molar-refractivity contribution in [3.05, 3.63) is 46.4 Å². The summed E-state index contributed by atoms with van der Waals surface area (Å²) in [7, 11) is 1.64. The van der Waals surface area contributed by atoms with E-state index in [4.69, 9.17) is 10.5 Å². The molecular weight excluding hydrogens is 292 g/mol. The first-order chi connectivity index (χ1) is 8.60. The van der Waals surface area contributed by atoms with Crippen molar-refractivity contribution >= 4 is 33.0 Å². The number of nitrogens with two attached hydrogens (primary N) is 1. The summed E-state index contributed by atoms with van der Waals surface area (Å²) in [6.45, 7) is 2.05. The van der Waals surface area contributed by atoms with Gasteiger partial charge in [-0.25, -0.2) is 0 Å². The van der Waals surface area contributed by atoms with Crippen LogP contribution in [0, 0.1) is 6.92 Å². The molecule has 0 heterocycles. The average molecular weight is 307 g/mol. The second-order valence-electron chi connectivity index (χ2n) is 4.06. The zero-order chi connectivity index (χ0) is 13.1. The molecule has 2 aromatic carbocycles. The SMILES string of the molecule is COc1ccc(N)c(Nc2cc(C)ccc2Br)c1. The summed E-state index contributed by atoms with van der Waals surface area (Å²) in [5, 5.41) is 3.30. The van der Waals surface area contributed by atoms with Crippen molar-refractivity contribution < 1.29 is 4.74 Å². The molecule has 0 amide bonds. The normalized spacial score (nSPS) is 10.2. The number of rotatable bonds is 3. The number of benzene rings is 2. The van der Waals surface area contributed by atoms with Crippen LogP contribution >= 0.6 is 15.9 Å². The van der Waals surface area contributed by atoms with Crippen LogP contribution in [0.1, 0.15) is 5.56 Å². The standard InChI is InChI=1S/C14H15BrN2O/c1-9-3-5-11(15)13(7-9)17-14-8-10(18-2)4-6-12(14)16/h3-8,17H,16H2,1-2H3. The van der Waals surface area contributed by atoms with E-state index in [2.05, 4.69) is 27.3 Å². The van der Waals surface area contributed by atoms with Crippen molar-refractivity contribution in [2.75, 3.05) is 18.2 Å². The van der Waals surface area contributed by atoms with Crippen LogP contribution in [0.3, 0.4) is 0 Å². The molecule has 0 aliphatic carbocycles. The molecule has 2 rings (SSSR count). The van der Waals surface area contributed by atoms with E-state index in [9.17, 15) is 0 Å². The van der Waals surface area contributed by atoms with Gasteiger partial charge < -0.3 is 15.8 Å². The molecule has 3 nitrogen and oxygen atoms in total. The molecule has 0 fully saturated rings. The lowest BCUT2D eigenvalue weighted by molar-refractivity contribution is 0.415. The summed E-state index contributed by atoms with van der Waals surface area (Å²) in [5.41, 5.74) is 9.63. The number of methoxy groups -OCH3 is 1. The van der Waals surface area contributed by atoms with Gasteiger partial charge in [0.15, 0.2) is 0 Å². The van der Waals surface area contributed by atoms with Crippen LogP contribution in [0.15, 0.2) is 40.9 Å². The van der Waals surface area contributed by atoms with Crippen molar-refractivity contribution in [1.82, 2.24) is 0 Å². The predicted octanol–water partition coefficient (Wildman–Crippen LogP) is 4.09. The van der Waals surface area contributed by atoms with Crippen molar-refractivity contribution in [2.45, 2.75) is 6.92 Å². The monoisotopic (exact) mass is 306 g/mol. The summed E-state index contributed by atoms with van der Waals surface area (Å²) >= 11 is 3.51.